The molecule has 26 heavy (non-hydrogen) atoms. The highest BCUT2D eigenvalue weighted by Gasteiger charge is 2.42. The lowest BCUT2D eigenvalue weighted by molar-refractivity contribution is -0.163. The van der Waals surface area contributed by atoms with Crippen molar-refractivity contribution in [3.05, 3.63) is 35.4 Å². The van der Waals surface area contributed by atoms with Crippen LogP contribution in [0, 0.1) is 10.8 Å². The average Bonchev–Trinajstić information content (AvgIpc) is 2.60. The van der Waals surface area contributed by atoms with Gasteiger partial charge in [0.15, 0.2) is 0 Å². The third-order valence-electron chi connectivity index (χ3n) is 5.29. The number of fused-ring (bicyclic) bond motifs is 1. The first kappa shape index (κ1) is 20.4. The third-order valence-corrected chi connectivity index (χ3v) is 5.29. The topological polar surface area (TPSA) is 61.8 Å². The molecule has 0 fully saturated rings. The van der Waals surface area contributed by atoms with Crippen LogP contribution in [0.4, 0.5) is 0 Å². The first-order chi connectivity index (χ1) is 12.2. The van der Waals surface area contributed by atoms with Crippen LogP contribution < -0.4 is 0 Å². The largest absolute Gasteiger partial charge is 0.469 e. The van der Waals surface area contributed by atoms with Crippen LogP contribution in [0.25, 0.3) is 0 Å². The van der Waals surface area contributed by atoms with Crippen LogP contribution in [0.2, 0.25) is 0 Å². The molecule has 0 saturated carbocycles. The van der Waals surface area contributed by atoms with E-state index in [2.05, 4.69) is 12.1 Å². The molecule has 2 atom stereocenters. The number of carbonyl (C=O) groups is 2. The van der Waals surface area contributed by atoms with Crippen LogP contribution in [0.3, 0.4) is 0 Å². The quantitative estimate of drug-likeness (QED) is 0.493. The number of methoxy groups -OCH3 is 1. The molecular formula is C21H30O5. The van der Waals surface area contributed by atoms with Gasteiger partial charge in [-0.15, -0.1) is 0 Å². The van der Waals surface area contributed by atoms with Gasteiger partial charge in [-0.25, -0.2) is 0 Å². The molecule has 2 rings (SSSR count). The average molecular weight is 362 g/mol. The first-order valence-electron chi connectivity index (χ1n) is 9.18. The predicted octanol–water partition coefficient (Wildman–Crippen LogP) is 3.85. The van der Waals surface area contributed by atoms with Crippen LogP contribution in [0.5, 0.6) is 0 Å². The summed E-state index contributed by atoms with van der Waals surface area (Å²) in [5, 5.41) is 0. The molecule has 0 heterocycles. The van der Waals surface area contributed by atoms with E-state index in [9.17, 15) is 9.59 Å². The normalized spacial score (nSPS) is 18.3. The SMILES string of the molecule is CCC(C)(CC(C)(C)C(=O)OCCOC1Cc2ccccc21)C(=O)OC. The fourth-order valence-electron chi connectivity index (χ4n) is 3.52. The van der Waals surface area contributed by atoms with E-state index >= 15 is 0 Å². The number of rotatable bonds is 9. The highest BCUT2D eigenvalue weighted by atomic mass is 16.6. The van der Waals surface area contributed by atoms with Crippen molar-refractivity contribution in [2.75, 3.05) is 20.3 Å². The van der Waals surface area contributed by atoms with Crippen molar-refractivity contribution in [2.24, 2.45) is 10.8 Å². The van der Waals surface area contributed by atoms with E-state index in [0.717, 1.165) is 6.42 Å². The van der Waals surface area contributed by atoms with E-state index in [-0.39, 0.29) is 24.6 Å². The summed E-state index contributed by atoms with van der Waals surface area (Å²) < 4.78 is 16.1. The Labute approximate surface area is 156 Å². The molecular weight excluding hydrogens is 332 g/mol. The van der Waals surface area contributed by atoms with Crippen molar-refractivity contribution >= 4 is 11.9 Å². The van der Waals surface area contributed by atoms with Gasteiger partial charge in [-0.3, -0.25) is 9.59 Å². The molecule has 2 unspecified atom stereocenters. The van der Waals surface area contributed by atoms with Gasteiger partial charge >= 0.3 is 11.9 Å². The number of hydrogen-bond donors (Lipinski definition) is 0. The maximum atomic E-state index is 12.5. The number of hydrogen-bond acceptors (Lipinski definition) is 5. The lowest BCUT2D eigenvalue weighted by Crippen LogP contribution is -2.38. The van der Waals surface area contributed by atoms with Crippen LogP contribution in [0.15, 0.2) is 24.3 Å². The monoisotopic (exact) mass is 362 g/mol. The molecule has 0 saturated heterocycles. The van der Waals surface area contributed by atoms with Gasteiger partial charge in [-0.05, 0) is 44.7 Å². The van der Waals surface area contributed by atoms with Crippen LogP contribution in [0.1, 0.15) is 57.8 Å². The van der Waals surface area contributed by atoms with Gasteiger partial charge in [0.2, 0.25) is 0 Å². The molecule has 0 radical (unpaired) electrons. The Morgan fingerprint density at radius 3 is 2.42 bits per heavy atom. The lowest BCUT2D eigenvalue weighted by atomic mass is 9.72. The van der Waals surface area contributed by atoms with Gasteiger partial charge in [0.25, 0.3) is 0 Å². The summed E-state index contributed by atoms with van der Waals surface area (Å²) in [6.45, 7) is 7.92. The van der Waals surface area contributed by atoms with E-state index in [1.54, 1.807) is 13.8 Å². The molecule has 1 aliphatic carbocycles. The molecule has 0 bridgehead atoms. The van der Waals surface area contributed by atoms with Crippen molar-refractivity contribution in [1.29, 1.82) is 0 Å². The minimum Gasteiger partial charge on any atom is -0.469 e. The summed E-state index contributed by atoms with van der Waals surface area (Å²) in [7, 11) is 1.37. The molecule has 1 aromatic carbocycles. The van der Waals surface area contributed by atoms with Gasteiger partial charge in [0.1, 0.15) is 6.61 Å². The fourth-order valence-corrected chi connectivity index (χ4v) is 3.52. The Bertz CT molecular complexity index is 652. The summed E-state index contributed by atoms with van der Waals surface area (Å²) in [4.78, 5) is 24.5. The second-order valence-corrected chi connectivity index (χ2v) is 7.86. The Hall–Kier alpha value is -1.88. The molecule has 0 N–H and O–H groups in total. The molecule has 0 aromatic heterocycles. The smallest absolute Gasteiger partial charge is 0.311 e. The summed E-state index contributed by atoms with van der Waals surface area (Å²) in [6, 6.07) is 8.20. The zero-order chi connectivity index (χ0) is 19.4. The van der Waals surface area contributed by atoms with E-state index in [1.807, 2.05) is 26.0 Å². The Balaban J connectivity index is 1.78. The van der Waals surface area contributed by atoms with E-state index in [1.165, 1.54) is 18.2 Å². The van der Waals surface area contributed by atoms with Gasteiger partial charge < -0.3 is 14.2 Å². The molecule has 0 spiro atoms. The highest BCUT2D eigenvalue weighted by molar-refractivity contribution is 5.80. The lowest BCUT2D eigenvalue weighted by Gasteiger charge is -2.33. The van der Waals surface area contributed by atoms with Crippen LogP contribution in [-0.4, -0.2) is 32.3 Å². The maximum Gasteiger partial charge on any atom is 0.311 e. The summed E-state index contributed by atoms with van der Waals surface area (Å²) in [5.41, 5.74) is 1.05. The standard InChI is InChI=1S/C21H30O5/c1-6-21(4,19(23)24-5)14-20(2,3)18(22)26-12-11-25-17-13-15-9-7-8-10-16(15)17/h7-10,17H,6,11-14H2,1-5H3. The zero-order valence-corrected chi connectivity index (χ0v) is 16.5. The van der Waals surface area contributed by atoms with Crippen molar-refractivity contribution < 1.29 is 23.8 Å². The molecule has 5 nitrogen and oxygen atoms in total. The first-order valence-corrected chi connectivity index (χ1v) is 9.18. The number of benzene rings is 1. The van der Waals surface area contributed by atoms with Crippen LogP contribution >= 0.6 is 0 Å². The van der Waals surface area contributed by atoms with Crippen LogP contribution in [-0.2, 0) is 30.2 Å². The second kappa shape index (κ2) is 8.21. The molecule has 1 aliphatic rings. The van der Waals surface area contributed by atoms with E-state index < -0.39 is 10.8 Å². The molecule has 5 heteroatoms. The van der Waals surface area contributed by atoms with Crippen molar-refractivity contribution in [3.8, 4) is 0 Å². The number of ether oxygens (including phenoxy) is 3. The predicted molar refractivity (Wildman–Crippen MR) is 98.6 cm³/mol. The minimum atomic E-state index is -0.776. The molecule has 0 aliphatic heterocycles. The van der Waals surface area contributed by atoms with Gasteiger partial charge in [0.05, 0.1) is 30.7 Å². The summed E-state index contributed by atoms with van der Waals surface area (Å²) in [6.07, 6.45) is 1.98. The third kappa shape index (κ3) is 4.44. The summed E-state index contributed by atoms with van der Waals surface area (Å²) in [5.74, 6) is -0.619. The molecule has 1 aromatic rings. The Morgan fingerprint density at radius 1 is 1.12 bits per heavy atom. The summed E-state index contributed by atoms with van der Waals surface area (Å²) >= 11 is 0. The van der Waals surface area contributed by atoms with Gasteiger partial charge in [0, 0.05) is 6.42 Å². The van der Waals surface area contributed by atoms with Crippen molar-refractivity contribution in [1.82, 2.24) is 0 Å². The number of esters is 2. The van der Waals surface area contributed by atoms with Crippen molar-refractivity contribution in [2.45, 2.75) is 53.1 Å². The maximum absolute atomic E-state index is 12.5. The van der Waals surface area contributed by atoms with Gasteiger partial charge in [-0.1, -0.05) is 31.2 Å². The van der Waals surface area contributed by atoms with E-state index in [4.69, 9.17) is 14.2 Å². The Morgan fingerprint density at radius 2 is 1.81 bits per heavy atom. The number of carbonyl (C=O) groups excluding carboxylic acids is 2. The highest BCUT2D eigenvalue weighted by Crippen LogP contribution is 2.38. The zero-order valence-electron chi connectivity index (χ0n) is 16.5. The fraction of sp³-hybridized carbons (Fsp3) is 0.619. The Kier molecular flexibility index (Phi) is 6.45. The minimum absolute atomic E-state index is 0.0978. The molecule has 0 amide bonds. The second-order valence-electron chi connectivity index (χ2n) is 7.86. The van der Waals surface area contributed by atoms with Gasteiger partial charge in [-0.2, -0.15) is 0 Å². The van der Waals surface area contributed by atoms with E-state index in [0.29, 0.717) is 19.4 Å². The van der Waals surface area contributed by atoms with Crippen molar-refractivity contribution in [3.63, 3.8) is 0 Å². The molecule has 144 valence electrons.